The van der Waals surface area contributed by atoms with Gasteiger partial charge in [-0.25, -0.2) is 0 Å². The van der Waals surface area contributed by atoms with Crippen LogP contribution in [0.2, 0.25) is 0 Å². The summed E-state index contributed by atoms with van der Waals surface area (Å²) >= 11 is 0. The Morgan fingerprint density at radius 1 is 1.43 bits per heavy atom. The molecule has 0 aromatic heterocycles. The molecule has 14 heavy (non-hydrogen) atoms. The van der Waals surface area contributed by atoms with Gasteiger partial charge in [0.05, 0.1) is 6.61 Å². The van der Waals surface area contributed by atoms with E-state index in [1.807, 2.05) is 7.05 Å². The molecule has 1 atom stereocenters. The highest BCUT2D eigenvalue weighted by Crippen LogP contribution is 2.18. The molecule has 0 amide bonds. The number of methoxy groups -OCH3 is 1. The van der Waals surface area contributed by atoms with Crippen LogP contribution in [0.1, 0.15) is 19.8 Å². The molecule has 0 bridgehead atoms. The summed E-state index contributed by atoms with van der Waals surface area (Å²) in [5.41, 5.74) is 0. The highest BCUT2D eigenvalue weighted by Gasteiger charge is 2.21. The van der Waals surface area contributed by atoms with E-state index in [4.69, 9.17) is 4.74 Å². The van der Waals surface area contributed by atoms with Crippen molar-refractivity contribution in [3.05, 3.63) is 0 Å². The van der Waals surface area contributed by atoms with Gasteiger partial charge in [0.1, 0.15) is 0 Å². The second-order valence-corrected chi connectivity index (χ2v) is 4.34. The van der Waals surface area contributed by atoms with Crippen molar-refractivity contribution in [2.75, 3.05) is 40.4 Å². The minimum Gasteiger partial charge on any atom is -0.383 e. The maximum atomic E-state index is 5.18. The maximum absolute atomic E-state index is 5.18. The smallest absolute Gasteiger partial charge is 0.0615 e. The van der Waals surface area contributed by atoms with Crippen molar-refractivity contribution in [2.24, 2.45) is 5.92 Å². The lowest BCUT2D eigenvalue weighted by molar-refractivity contribution is 0.0738. The minimum atomic E-state index is 0.579. The maximum Gasteiger partial charge on any atom is 0.0615 e. The Morgan fingerprint density at radius 3 is 2.57 bits per heavy atom. The molecule has 1 fully saturated rings. The zero-order chi connectivity index (χ0) is 10.4. The van der Waals surface area contributed by atoms with Crippen LogP contribution < -0.4 is 5.32 Å². The van der Waals surface area contributed by atoms with Crippen molar-refractivity contribution >= 4 is 0 Å². The van der Waals surface area contributed by atoms with E-state index in [0.29, 0.717) is 6.04 Å². The van der Waals surface area contributed by atoms with Crippen LogP contribution in [0.4, 0.5) is 0 Å². The fraction of sp³-hybridized carbons (Fsp3) is 1.00. The van der Waals surface area contributed by atoms with Gasteiger partial charge in [-0.2, -0.15) is 0 Å². The van der Waals surface area contributed by atoms with Crippen LogP contribution in [0.5, 0.6) is 0 Å². The molecule has 1 heterocycles. The lowest BCUT2D eigenvalue weighted by Crippen LogP contribution is -2.43. The Balaban J connectivity index is 2.21. The predicted molar refractivity (Wildman–Crippen MR) is 59.6 cm³/mol. The first-order chi connectivity index (χ1) is 6.77. The Bertz CT molecular complexity index is 144. The number of hydrogen-bond donors (Lipinski definition) is 1. The third-order valence-corrected chi connectivity index (χ3v) is 3.17. The average molecular weight is 200 g/mol. The fourth-order valence-corrected chi connectivity index (χ4v) is 2.23. The molecule has 1 aliphatic heterocycles. The zero-order valence-corrected chi connectivity index (χ0v) is 9.75. The first kappa shape index (κ1) is 12.0. The number of piperidine rings is 1. The lowest BCUT2D eigenvalue weighted by Gasteiger charge is -2.35. The minimum absolute atomic E-state index is 0.579. The van der Waals surface area contributed by atoms with E-state index in [1.54, 1.807) is 7.11 Å². The Kier molecular flexibility index (Phi) is 5.45. The molecule has 0 aliphatic carbocycles. The van der Waals surface area contributed by atoms with Gasteiger partial charge >= 0.3 is 0 Å². The van der Waals surface area contributed by atoms with E-state index in [0.717, 1.165) is 12.5 Å². The average Bonchev–Trinajstić information content (AvgIpc) is 2.20. The van der Waals surface area contributed by atoms with Crippen molar-refractivity contribution in [1.82, 2.24) is 10.2 Å². The fourth-order valence-electron chi connectivity index (χ4n) is 2.23. The van der Waals surface area contributed by atoms with E-state index < -0.39 is 0 Å². The molecule has 84 valence electrons. The summed E-state index contributed by atoms with van der Waals surface area (Å²) in [5, 5.41) is 3.26. The van der Waals surface area contributed by atoms with Gasteiger partial charge in [0.2, 0.25) is 0 Å². The molecule has 1 N–H and O–H groups in total. The van der Waals surface area contributed by atoms with Crippen molar-refractivity contribution in [3.8, 4) is 0 Å². The van der Waals surface area contributed by atoms with Gasteiger partial charge in [0, 0.05) is 13.2 Å². The van der Waals surface area contributed by atoms with E-state index in [-0.39, 0.29) is 0 Å². The van der Waals surface area contributed by atoms with E-state index in [1.165, 1.54) is 32.5 Å². The number of likely N-dealkylation sites (tertiary alicyclic amines) is 1. The van der Waals surface area contributed by atoms with Crippen molar-refractivity contribution in [2.45, 2.75) is 25.8 Å². The summed E-state index contributed by atoms with van der Waals surface area (Å²) in [4.78, 5) is 2.54. The molecule has 0 radical (unpaired) electrons. The predicted octanol–water partition coefficient (Wildman–Crippen LogP) is 0.953. The molecule has 0 aromatic carbocycles. The van der Waals surface area contributed by atoms with Crippen LogP contribution in [0.15, 0.2) is 0 Å². The summed E-state index contributed by atoms with van der Waals surface area (Å²) in [5.74, 6) is 0.881. The molecular weight excluding hydrogens is 176 g/mol. The van der Waals surface area contributed by atoms with Crippen LogP contribution in [0.25, 0.3) is 0 Å². The SMILES string of the molecule is CNCC1CCN(C(C)COC)CC1. The van der Waals surface area contributed by atoms with Crippen LogP contribution >= 0.6 is 0 Å². The largest absolute Gasteiger partial charge is 0.383 e. The zero-order valence-electron chi connectivity index (χ0n) is 9.75. The molecule has 3 heteroatoms. The topological polar surface area (TPSA) is 24.5 Å². The monoisotopic (exact) mass is 200 g/mol. The summed E-state index contributed by atoms with van der Waals surface area (Å²) in [6.45, 7) is 6.75. The van der Waals surface area contributed by atoms with Crippen LogP contribution in [-0.4, -0.2) is 51.3 Å². The normalized spacial score (nSPS) is 22.5. The number of nitrogens with zero attached hydrogens (tertiary/aromatic N) is 1. The quantitative estimate of drug-likeness (QED) is 0.715. The van der Waals surface area contributed by atoms with E-state index in [9.17, 15) is 0 Å². The van der Waals surface area contributed by atoms with E-state index >= 15 is 0 Å². The van der Waals surface area contributed by atoms with Gasteiger partial charge in [-0.15, -0.1) is 0 Å². The Morgan fingerprint density at radius 2 is 2.07 bits per heavy atom. The summed E-state index contributed by atoms with van der Waals surface area (Å²) in [7, 11) is 3.82. The number of nitrogens with one attached hydrogen (secondary N) is 1. The van der Waals surface area contributed by atoms with Crippen LogP contribution in [0, 0.1) is 5.92 Å². The number of hydrogen-bond acceptors (Lipinski definition) is 3. The van der Waals surface area contributed by atoms with Gasteiger partial charge in [0.15, 0.2) is 0 Å². The number of rotatable bonds is 5. The van der Waals surface area contributed by atoms with Gasteiger partial charge in [-0.1, -0.05) is 0 Å². The van der Waals surface area contributed by atoms with E-state index in [2.05, 4.69) is 17.1 Å². The summed E-state index contributed by atoms with van der Waals surface area (Å²) in [6, 6.07) is 0.579. The molecule has 1 aliphatic rings. The van der Waals surface area contributed by atoms with Crippen molar-refractivity contribution < 1.29 is 4.74 Å². The molecule has 1 saturated heterocycles. The molecular formula is C11H24N2O. The standard InChI is InChI=1S/C11H24N2O/c1-10(9-14-3)13-6-4-11(5-7-13)8-12-2/h10-12H,4-9H2,1-3H3. The molecule has 1 unspecified atom stereocenters. The highest BCUT2D eigenvalue weighted by molar-refractivity contribution is 4.76. The Labute approximate surface area is 87.8 Å². The van der Waals surface area contributed by atoms with Crippen molar-refractivity contribution in [3.63, 3.8) is 0 Å². The molecule has 0 spiro atoms. The second-order valence-electron chi connectivity index (χ2n) is 4.34. The van der Waals surface area contributed by atoms with Gasteiger partial charge in [0.25, 0.3) is 0 Å². The molecule has 0 aromatic rings. The van der Waals surface area contributed by atoms with Gasteiger partial charge < -0.3 is 10.1 Å². The Hall–Kier alpha value is -0.120. The summed E-state index contributed by atoms with van der Waals surface area (Å²) in [6.07, 6.45) is 2.66. The van der Waals surface area contributed by atoms with Gasteiger partial charge in [-0.05, 0) is 52.4 Å². The highest BCUT2D eigenvalue weighted by atomic mass is 16.5. The lowest BCUT2D eigenvalue weighted by atomic mass is 9.96. The first-order valence-corrected chi connectivity index (χ1v) is 5.65. The molecule has 3 nitrogen and oxygen atoms in total. The van der Waals surface area contributed by atoms with Crippen molar-refractivity contribution in [1.29, 1.82) is 0 Å². The first-order valence-electron chi connectivity index (χ1n) is 5.65. The van der Waals surface area contributed by atoms with Gasteiger partial charge in [-0.3, -0.25) is 4.90 Å². The van der Waals surface area contributed by atoms with Crippen LogP contribution in [0.3, 0.4) is 0 Å². The molecule has 0 saturated carbocycles. The third kappa shape index (κ3) is 3.56. The summed E-state index contributed by atoms with van der Waals surface area (Å²) < 4.78 is 5.18. The second kappa shape index (κ2) is 6.38. The number of ether oxygens (including phenoxy) is 1. The molecule has 1 rings (SSSR count). The van der Waals surface area contributed by atoms with Crippen LogP contribution in [-0.2, 0) is 4.74 Å². The third-order valence-electron chi connectivity index (χ3n) is 3.17.